The number of hydrogen-bond acceptors (Lipinski definition) is 2. The van der Waals surface area contributed by atoms with E-state index in [1.165, 1.54) is 38.5 Å². The number of unbranched alkanes of at least 4 members (excludes halogenated alkanes) is 6. The van der Waals surface area contributed by atoms with Gasteiger partial charge in [-0.2, -0.15) is 5.26 Å². The molecule has 15 heavy (non-hydrogen) atoms. The highest BCUT2D eigenvalue weighted by Gasteiger charge is 2.04. The lowest BCUT2D eigenvalue weighted by molar-refractivity contribution is 0.0933. The Hall–Kier alpha value is -0.550. The van der Waals surface area contributed by atoms with Gasteiger partial charge in [0.05, 0.1) is 6.07 Å². The molecule has 2 nitrogen and oxygen atoms in total. The van der Waals surface area contributed by atoms with Crippen LogP contribution < -0.4 is 0 Å². The van der Waals surface area contributed by atoms with Gasteiger partial charge < -0.3 is 4.74 Å². The average molecular weight is 211 g/mol. The van der Waals surface area contributed by atoms with Crippen LogP contribution >= 0.6 is 0 Å². The second-order valence-corrected chi connectivity index (χ2v) is 3.98. The van der Waals surface area contributed by atoms with Gasteiger partial charge in [0.25, 0.3) is 0 Å². The van der Waals surface area contributed by atoms with Crippen LogP contribution in [-0.4, -0.2) is 12.7 Å². The zero-order valence-corrected chi connectivity index (χ0v) is 10.3. The van der Waals surface area contributed by atoms with E-state index in [2.05, 4.69) is 13.0 Å². The van der Waals surface area contributed by atoms with Crippen molar-refractivity contribution in [2.45, 2.75) is 71.3 Å². The zero-order valence-electron chi connectivity index (χ0n) is 10.3. The highest BCUT2D eigenvalue weighted by atomic mass is 16.5. The van der Waals surface area contributed by atoms with Gasteiger partial charge in [0.1, 0.15) is 6.10 Å². The summed E-state index contributed by atoms with van der Waals surface area (Å²) in [6, 6.07) is 2.19. The molecule has 0 aliphatic rings. The third-order valence-electron chi connectivity index (χ3n) is 2.58. The average Bonchev–Trinajstić information content (AvgIpc) is 2.26. The maximum Gasteiger partial charge on any atom is 0.143 e. The molecular formula is C13H25NO. The summed E-state index contributed by atoms with van der Waals surface area (Å²) in [4.78, 5) is 0. The molecule has 0 fully saturated rings. The van der Waals surface area contributed by atoms with Crippen molar-refractivity contribution in [3.63, 3.8) is 0 Å². The summed E-state index contributed by atoms with van der Waals surface area (Å²) < 4.78 is 5.28. The van der Waals surface area contributed by atoms with Gasteiger partial charge in [-0.15, -0.1) is 0 Å². The van der Waals surface area contributed by atoms with Crippen LogP contribution in [0.15, 0.2) is 0 Å². The highest BCUT2D eigenvalue weighted by Crippen LogP contribution is 2.10. The lowest BCUT2D eigenvalue weighted by Gasteiger charge is -2.08. The van der Waals surface area contributed by atoms with E-state index < -0.39 is 0 Å². The van der Waals surface area contributed by atoms with Gasteiger partial charge in [0.15, 0.2) is 0 Å². The fourth-order valence-corrected chi connectivity index (χ4v) is 1.67. The number of hydrogen-bond donors (Lipinski definition) is 0. The van der Waals surface area contributed by atoms with Crippen molar-refractivity contribution < 1.29 is 4.74 Å². The monoisotopic (exact) mass is 211 g/mol. The SMILES string of the molecule is CCCCCCCCCC(C#N)OCC. The second kappa shape index (κ2) is 11.5. The molecule has 1 atom stereocenters. The van der Waals surface area contributed by atoms with Crippen LogP contribution in [0.3, 0.4) is 0 Å². The molecule has 2 heteroatoms. The van der Waals surface area contributed by atoms with E-state index in [9.17, 15) is 0 Å². The molecular weight excluding hydrogens is 186 g/mol. The minimum atomic E-state index is -0.175. The fraction of sp³-hybridized carbons (Fsp3) is 0.923. The molecule has 0 amide bonds. The van der Waals surface area contributed by atoms with Crippen molar-refractivity contribution in [2.24, 2.45) is 0 Å². The Balaban J connectivity index is 3.19. The van der Waals surface area contributed by atoms with Gasteiger partial charge in [-0.1, -0.05) is 45.4 Å². The van der Waals surface area contributed by atoms with E-state index in [0.29, 0.717) is 6.61 Å². The smallest absolute Gasteiger partial charge is 0.143 e. The van der Waals surface area contributed by atoms with Crippen LogP contribution in [0.25, 0.3) is 0 Å². The van der Waals surface area contributed by atoms with Gasteiger partial charge in [-0.3, -0.25) is 0 Å². The first kappa shape index (κ1) is 14.5. The Morgan fingerprint density at radius 1 is 1.00 bits per heavy atom. The molecule has 0 saturated heterocycles. The molecule has 0 radical (unpaired) electrons. The molecule has 0 aromatic rings. The predicted molar refractivity (Wildman–Crippen MR) is 63.6 cm³/mol. The Kier molecular flexibility index (Phi) is 11.1. The van der Waals surface area contributed by atoms with Crippen molar-refractivity contribution in [1.82, 2.24) is 0 Å². The van der Waals surface area contributed by atoms with E-state index in [1.807, 2.05) is 6.92 Å². The molecule has 0 bridgehead atoms. The number of nitriles is 1. The molecule has 0 N–H and O–H groups in total. The number of rotatable bonds is 10. The minimum Gasteiger partial charge on any atom is -0.364 e. The quantitative estimate of drug-likeness (QED) is 0.511. The Labute approximate surface area is 94.6 Å². The summed E-state index contributed by atoms with van der Waals surface area (Å²) in [7, 11) is 0. The van der Waals surface area contributed by atoms with E-state index in [-0.39, 0.29) is 6.10 Å². The Morgan fingerprint density at radius 2 is 1.60 bits per heavy atom. The van der Waals surface area contributed by atoms with Crippen LogP contribution in [0.5, 0.6) is 0 Å². The van der Waals surface area contributed by atoms with Crippen LogP contribution in [0.2, 0.25) is 0 Å². The molecule has 0 aliphatic carbocycles. The van der Waals surface area contributed by atoms with Gasteiger partial charge >= 0.3 is 0 Å². The van der Waals surface area contributed by atoms with Crippen molar-refractivity contribution in [3.05, 3.63) is 0 Å². The van der Waals surface area contributed by atoms with E-state index >= 15 is 0 Å². The van der Waals surface area contributed by atoms with Crippen molar-refractivity contribution >= 4 is 0 Å². The summed E-state index contributed by atoms with van der Waals surface area (Å²) in [5.74, 6) is 0. The van der Waals surface area contributed by atoms with Crippen molar-refractivity contribution in [3.8, 4) is 6.07 Å². The van der Waals surface area contributed by atoms with Crippen LogP contribution in [0.4, 0.5) is 0 Å². The third kappa shape index (κ3) is 9.75. The second-order valence-electron chi connectivity index (χ2n) is 3.98. The standard InChI is InChI=1S/C13H25NO/c1-3-5-6-7-8-9-10-11-13(12-14)15-4-2/h13H,3-11H2,1-2H3. The topological polar surface area (TPSA) is 33.0 Å². The van der Waals surface area contributed by atoms with Gasteiger partial charge in [-0.05, 0) is 19.8 Å². The van der Waals surface area contributed by atoms with Gasteiger partial charge in [-0.25, -0.2) is 0 Å². The molecule has 0 heterocycles. The zero-order chi connectivity index (χ0) is 11.4. The maximum absolute atomic E-state index is 8.75. The minimum absolute atomic E-state index is 0.175. The maximum atomic E-state index is 8.75. The first-order valence-corrected chi connectivity index (χ1v) is 6.36. The van der Waals surface area contributed by atoms with E-state index in [1.54, 1.807) is 0 Å². The first-order chi connectivity index (χ1) is 7.35. The molecule has 0 aromatic carbocycles. The summed E-state index contributed by atoms with van der Waals surface area (Å²) >= 11 is 0. The molecule has 0 aromatic heterocycles. The molecule has 0 aliphatic heterocycles. The highest BCUT2D eigenvalue weighted by molar-refractivity contribution is 4.83. The normalized spacial score (nSPS) is 12.3. The van der Waals surface area contributed by atoms with Crippen molar-refractivity contribution in [2.75, 3.05) is 6.61 Å². The van der Waals surface area contributed by atoms with Gasteiger partial charge in [0, 0.05) is 6.61 Å². The van der Waals surface area contributed by atoms with Crippen LogP contribution in [0, 0.1) is 11.3 Å². The summed E-state index contributed by atoms with van der Waals surface area (Å²) in [5.41, 5.74) is 0. The van der Waals surface area contributed by atoms with Crippen LogP contribution in [-0.2, 0) is 4.74 Å². The van der Waals surface area contributed by atoms with Crippen LogP contribution in [0.1, 0.15) is 65.2 Å². The predicted octanol–water partition coefficient (Wildman–Crippen LogP) is 4.06. The van der Waals surface area contributed by atoms with E-state index in [0.717, 1.165) is 12.8 Å². The molecule has 0 saturated carbocycles. The lowest BCUT2D eigenvalue weighted by Crippen LogP contribution is -2.09. The molecule has 0 spiro atoms. The Bertz CT molecular complexity index is 162. The fourth-order valence-electron chi connectivity index (χ4n) is 1.67. The number of ether oxygens (including phenoxy) is 1. The number of nitrogens with zero attached hydrogens (tertiary/aromatic N) is 1. The van der Waals surface area contributed by atoms with Crippen molar-refractivity contribution in [1.29, 1.82) is 5.26 Å². The largest absolute Gasteiger partial charge is 0.364 e. The molecule has 1 unspecified atom stereocenters. The first-order valence-electron chi connectivity index (χ1n) is 6.36. The summed E-state index contributed by atoms with van der Waals surface area (Å²) in [5, 5.41) is 8.75. The third-order valence-corrected chi connectivity index (χ3v) is 2.58. The summed E-state index contributed by atoms with van der Waals surface area (Å²) in [6.07, 6.45) is 9.79. The van der Waals surface area contributed by atoms with E-state index in [4.69, 9.17) is 10.00 Å². The van der Waals surface area contributed by atoms with Gasteiger partial charge in [0.2, 0.25) is 0 Å². The Morgan fingerprint density at radius 3 is 2.13 bits per heavy atom. The summed E-state index contributed by atoms with van der Waals surface area (Å²) in [6.45, 7) is 4.82. The molecule has 0 rings (SSSR count). The molecule has 88 valence electrons. The lowest BCUT2D eigenvalue weighted by atomic mass is 10.1.